The predicted octanol–water partition coefficient (Wildman–Crippen LogP) is 1.05. The SMILES string of the molecule is OC1CCN(c2nc(C(F)(F)F)no2)CC1. The van der Waals surface area contributed by atoms with Crippen LogP contribution in [0.3, 0.4) is 0 Å². The molecule has 0 aliphatic carbocycles. The summed E-state index contributed by atoms with van der Waals surface area (Å²) in [7, 11) is 0. The van der Waals surface area contributed by atoms with E-state index >= 15 is 0 Å². The molecule has 1 aromatic heterocycles. The molecule has 16 heavy (non-hydrogen) atoms. The summed E-state index contributed by atoms with van der Waals surface area (Å²) in [5.41, 5.74) is 0. The second-order valence-electron chi connectivity index (χ2n) is 3.62. The first-order valence-corrected chi connectivity index (χ1v) is 4.81. The second kappa shape index (κ2) is 3.93. The van der Waals surface area contributed by atoms with Crippen molar-refractivity contribution in [2.45, 2.75) is 25.1 Å². The second-order valence-corrected chi connectivity index (χ2v) is 3.62. The summed E-state index contributed by atoms with van der Waals surface area (Å²) in [4.78, 5) is 4.81. The van der Waals surface area contributed by atoms with Gasteiger partial charge in [-0.1, -0.05) is 0 Å². The van der Waals surface area contributed by atoms with Crippen molar-refractivity contribution >= 4 is 6.01 Å². The van der Waals surface area contributed by atoms with Crippen LogP contribution in [0.2, 0.25) is 0 Å². The quantitative estimate of drug-likeness (QED) is 0.791. The van der Waals surface area contributed by atoms with E-state index in [2.05, 4.69) is 14.7 Å². The van der Waals surface area contributed by atoms with Crippen LogP contribution in [0.4, 0.5) is 19.2 Å². The van der Waals surface area contributed by atoms with Gasteiger partial charge >= 0.3 is 12.2 Å². The normalized spacial score (nSPS) is 19.1. The molecule has 0 unspecified atom stereocenters. The van der Waals surface area contributed by atoms with Crippen LogP contribution < -0.4 is 4.90 Å². The number of rotatable bonds is 1. The molecule has 0 radical (unpaired) electrons. The van der Waals surface area contributed by atoms with Gasteiger partial charge in [0, 0.05) is 13.1 Å². The zero-order valence-electron chi connectivity index (χ0n) is 8.24. The minimum atomic E-state index is -4.59. The minimum absolute atomic E-state index is 0.140. The first-order chi connectivity index (χ1) is 7.47. The summed E-state index contributed by atoms with van der Waals surface area (Å²) in [6.45, 7) is 0.835. The smallest absolute Gasteiger partial charge is 0.393 e. The molecule has 8 heteroatoms. The Morgan fingerprint density at radius 1 is 1.31 bits per heavy atom. The van der Waals surface area contributed by atoms with Crippen LogP contribution in [0.1, 0.15) is 18.7 Å². The number of nitrogens with zero attached hydrogens (tertiary/aromatic N) is 3. The predicted molar refractivity (Wildman–Crippen MR) is 46.8 cm³/mol. The van der Waals surface area contributed by atoms with E-state index in [1.165, 1.54) is 4.90 Å². The Morgan fingerprint density at radius 3 is 2.44 bits per heavy atom. The van der Waals surface area contributed by atoms with Gasteiger partial charge in [-0.05, 0) is 18.0 Å². The van der Waals surface area contributed by atoms with E-state index in [1.807, 2.05) is 0 Å². The molecule has 0 spiro atoms. The molecule has 0 atom stereocenters. The molecule has 1 N–H and O–H groups in total. The summed E-state index contributed by atoms with van der Waals surface area (Å²) in [6.07, 6.45) is -4.01. The summed E-state index contributed by atoms with van der Waals surface area (Å²) in [5.74, 6) is -1.27. The van der Waals surface area contributed by atoms with Gasteiger partial charge in [-0.25, -0.2) is 0 Å². The van der Waals surface area contributed by atoms with Crippen molar-refractivity contribution in [3.05, 3.63) is 5.82 Å². The standard InChI is InChI=1S/C8H10F3N3O2/c9-8(10,11)6-12-7(16-13-6)14-3-1-5(15)2-4-14/h5,15H,1-4H2. The van der Waals surface area contributed by atoms with Crippen LogP contribution in [0.25, 0.3) is 0 Å². The lowest BCUT2D eigenvalue weighted by Crippen LogP contribution is -2.36. The number of halogens is 3. The molecule has 90 valence electrons. The molecular formula is C8H10F3N3O2. The Kier molecular flexibility index (Phi) is 2.75. The van der Waals surface area contributed by atoms with Crippen LogP contribution in [0.15, 0.2) is 4.52 Å². The minimum Gasteiger partial charge on any atom is -0.393 e. The Balaban J connectivity index is 2.08. The fraction of sp³-hybridized carbons (Fsp3) is 0.750. The van der Waals surface area contributed by atoms with E-state index in [4.69, 9.17) is 0 Å². The maximum Gasteiger partial charge on any atom is 0.455 e. The third-order valence-corrected chi connectivity index (χ3v) is 2.40. The lowest BCUT2D eigenvalue weighted by molar-refractivity contribution is -0.146. The molecule has 0 amide bonds. The molecular weight excluding hydrogens is 227 g/mol. The number of piperidine rings is 1. The van der Waals surface area contributed by atoms with E-state index in [0.717, 1.165) is 0 Å². The first kappa shape index (κ1) is 11.2. The van der Waals surface area contributed by atoms with Crippen molar-refractivity contribution in [3.8, 4) is 0 Å². The number of aliphatic hydroxyl groups excluding tert-OH is 1. The Hall–Kier alpha value is -1.31. The molecule has 2 heterocycles. The highest BCUT2D eigenvalue weighted by molar-refractivity contribution is 5.26. The molecule has 1 aromatic rings. The first-order valence-electron chi connectivity index (χ1n) is 4.81. The van der Waals surface area contributed by atoms with E-state index in [0.29, 0.717) is 25.9 Å². The zero-order chi connectivity index (χ0) is 11.8. The van der Waals surface area contributed by atoms with Crippen molar-refractivity contribution in [2.24, 2.45) is 0 Å². The summed E-state index contributed by atoms with van der Waals surface area (Å²) in [5, 5.41) is 12.1. The van der Waals surface area contributed by atoms with Crippen molar-refractivity contribution < 1.29 is 22.8 Å². The van der Waals surface area contributed by atoms with Crippen LogP contribution in [0, 0.1) is 0 Å². The molecule has 0 aromatic carbocycles. The van der Waals surface area contributed by atoms with Crippen molar-refractivity contribution in [1.29, 1.82) is 0 Å². The largest absolute Gasteiger partial charge is 0.455 e. The van der Waals surface area contributed by atoms with Crippen LogP contribution in [0.5, 0.6) is 0 Å². The Bertz CT molecular complexity index is 358. The average molecular weight is 237 g/mol. The monoisotopic (exact) mass is 237 g/mol. The van der Waals surface area contributed by atoms with Crippen LogP contribution >= 0.6 is 0 Å². The summed E-state index contributed by atoms with van der Waals surface area (Å²) >= 11 is 0. The van der Waals surface area contributed by atoms with Gasteiger partial charge in [0.1, 0.15) is 0 Å². The van der Waals surface area contributed by atoms with E-state index in [-0.39, 0.29) is 6.01 Å². The highest BCUT2D eigenvalue weighted by Gasteiger charge is 2.38. The van der Waals surface area contributed by atoms with E-state index in [1.54, 1.807) is 0 Å². The van der Waals surface area contributed by atoms with Gasteiger partial charge < -0.3 is 14.5 Å². The molecule has 0 bridgehead atoms. The topological polar surface area (TPSA) is 62.4 Å². The third-order valence-electron chi connectivity index (χ3n) is 2.40. The number of anilines is 1. The lowest BCUT2D eigenvalue weighted by atomic mass is 10.1. The third kappa shape index (κ3) is 2.26. The highest BCUT2D eigenvalue weighted by atomic mass is 19.4. The number of aliphatic hydroxyl groups is 1. The van der Waals surface area contributed by atoms with E-state index in [9.17, 15) is 18.3 Å². The van der Waals surface area contributed by atoms with Gasteiger partial charge in [0.15, 0.2) is 0 Å². The van der Waals surface area contributed by atoms with Crippen LogP contribution in [-0.4, -0.2) is 34.4 Å². The average Bonchev–Trinajstić information content (AvgIpc) is 2.67. The van der Waals surface area contributed by atoms with Gasteiger partial charge in [-0.2, -0.15) is 18.2 Å². The van der Waals surface area contributed by atoms with Gasteiger partial charge in [0.2, 0.25) is 0 Å². The number of hydrogen-bond acceptors (Lipinski definition) is 5. The number of hydrogen-bond donors (Lipinski definition) is 1. The van der Waals surface area contributed by atoms with Gasteiger partial charge in [-0.15, -0.1) is 0 Å². The maximum atomic E-state index is 12.2. The van der Waals surface area contributed by atoms with E-state index < -0.39 is 18.1 Å². The molecule has 1 saturated heterocycles. The summed E-state index contributed by atoms with van der Waals surface area (Å²) < 4.78 is 41.1. The van der Waals surface area contributed by atoms with Gasteiger partial charge in [0.05, 0.1) is 6.10 Å². The number of aromatic nitrogens is 2. The molecule has 1 fully saturated rings. The van der Waals surface area contributed by atoms with Crippen LogP contribution in [-0.2, 0) is 6.18 Å². The fourth-order valence-corrected chi connectivity index (χ4v) is 1.52. The Labute approximate surface area is 88.9 Å². The van der Waals surface area contributed by atoms with Crippen molar-refractivity contribution in [3.63, 3.8) is 0 Å². The Morgan fingerprint density at radius 2 is 1.94 bits per heavy atom. The maximum absolute atomic E-state index is 12.2. The molecule has 2 rings (SSSR count). The van der Waals surface area contributed by atoms with Crippen molar-refractivity contribution in [1.82, 2.24) is 10.1 Å². The lowest BCUT2D eigenvalue weighted by Gasteiger charge is -2.27. The summed E-state index contributed by atoms with van der Waals surface area (Å²) in [6, 6.07) is -0.140. The van der Waals surface area contributed by atoms with Gasteiger partial charge in [-0.3, -0.25) is 0 Å². The van der Waals surface area contributed by atoms with Gasteiger partial charge in [0.25, 0.3) is 5.82 Å². The molecule has 0 saturated carbocycles. The highest BCUT2D eigenvalue weighted by Crippen LogP contribution is 2.28. The molecule has 5 nitrogen and oxygen atoms in total. The number of alkyl halides is 3. The van der Waals surface area contributed by atoms with Crippen molar-refractivity contribution in [2.75, 3.05) is 18.0 Å². The fourth-order valence-electron chi connectivity index (χ4n) is 1.52. The zero-order valence-corrected chi connectivity index (χ0v) is 8.24. The molecule has 1 aliphatic heterocycles. The molecule has 1 aliphatic rings.